The average Bonchev–Trinajstić information content (AvgIpc) is 2.28. The molecule has 0 bridgehead atoms. The highest BCUT2D eigenvalue weighted by molar-refractivity contribution is 5.64. The van der Waals surface area contributed by atoms with Crippen LogP contribution in [0.25, 0.3) is 11.1 Å². The van der Waals surface area contributed by atoms with Gasteiger partial charge in [0.15, 0.2) is 0 Å². The monoisotopic (exact) mass is 240 g/mol. The summed E-state index contributed by atoms with van der Waals surface area (Å²) < 4.78 is 50.4. The van der Waals surface area contributed by atoms with Crippen molar-refractivity contribution >= 4 is 0 Å². The standard InChI is InChI=1S/C13H8F4/c14-12-6-2-4-10(8-12)9-3-1-5-11(7-9)13(15,16)17/h1-8H. The van der Waals surface area contributed by atoms with Gasteiger partial charge in [0.05, 0.1) is 5.56 Å². The van der Waals surface area contributed by atoms with Crippen molar-refractivity contribution in [2.24, 2.45) is 0 Å². The molecule has 0 unspecified atom stereocenters. The Balaban J connectivity index is 2.47. The molecule has 0 fully saturated rings. The number of hydrogen-bond acceptors (Lipinski definition) is 0. The molecule has 0 aliphatic carbocycles. The van der Waals surface area contributed by atoms with Gasteiger partial charge in [-0.05, 0) is 35.4 Å². The van der Waals surface area contributed by atoms with Crippen molar-refractivity contribution in [2.45, 2.75) is 6.18 Å². The van der Waals surface area contributed by atoms with Crippen molar-refractivity contribution in [1.82, 2.24) is 0 Å². The summed E-state index contributed by atoms with van der Waals surface area (Å²) in [5.74, 6) is -0.472. The highest BCUT2D eigenvalue weighted by Crippen LogP contribution is 2.32. The maximum Gasteiger partial charge on any atom is 0.416 e. The maximum absolute atomic E-state index is 13.0. The Morgan fingerprint density at radius 3 is 1.94 bits per heavy atom. The molecule has 0 nitrogen and oxygen atoms in total. The highest BCUT2D eigenvalue weighted by Gasteiger charge is 2.30. The van der Waals surface area contributed by atoms with Crippen molar-refractivity contribution in [1.29, 1.82) is 0 Å². The molecule has 0 atom stereocenters. The normalized spacial score (nSPS) is 11.5. The van der Waals surface area contributed by atoms with Crippen LogP contribution in [0.5, 0.6) is 0 Å². The van der Waals surface area contributed by atoms with Crippen LogP contribution in [-0.4, -0.2) is 0 Å². The maximum atomic E-state index is 13.0. The fraction of sp³-hybridized carbons (Fsp3) is 0.0769. The van der Waals surface area contributed by atoms with E-state index in [9.17, 15) is 17.6 Å². The molecule has 0 spiro atoms. The van der Waals surface area contributed by atoms with Gasteiger partial charge >= 0.3 is 6.18 Å². The van der Waals surface area contributed by atoms with Crippen LogP contribution in [-0.2, 0) is 6.18 Å². The summed E-state index contributed by atoms with van der Waals surface area (Å²) in [4.78, 5) is 0. The van der Waals surface area contributed by atoms with Crippen molar-refractivity contribution in [3.05, 3.63) is 59.9 Å². The second-order valence-corrected chi connectivity index (χ2v) is 3.59. The molecule has 4 heteroatoms. The van der Waals surface area contributed by atoms with Crippen molar-refractivity contribution in [2.75, 3.05) is 0 Å². The van der Waals surface area contributed by atoms with Gasteiger partial charge in [-0.25, -0.2) is 4.39 Å². The Labute approximate surface area is 95.5 Å². The first-order valence-electron chi connectivity index (χ1n) is 4.90. The fourth-order valence-electron chi connectivity index (χ4n) is 1.54. The second kappa shape index (κ2) is 4.20. The molecule has 0 aliphatic heterocycles. The Kier molecular flexibility index (Phi) is 2.88. The Hall–Kier alpha value is -1.84. The number of alkyl halides is 3. The first-order valence-corrected chi connectivity index (χ1v) is 4.90. The van der Waals surface area contributed by atoms with Gasteiger partial charge < -0.3 is 0 Å². The second-order valence-electron chi connectivity index (χ2n) is 3.59. The predicted molar refractivity (Wildman–Crippen MR) is 56.8 cm³/mol. The molecular formula is C13H8F4. The van der Waals surface area contributed by atoms with E-state index in [1.165, 1.54) is 30.3 Å². The van der Waals surface area contributed by atoms with E-state index in [2.05, 4.69) is 0 Å². The molecule has 17 heavy (non-hydrogen) atoms. The number of halogens is 4. The first kappa shape index (κ1) is 11.6. The van der Waals surface area contributed by atoms with E-state index in [0.29, 0.717) is 11.1 Å². The minimum absolute atomic E-state index is 0.347. The van der Waals surface area contributed by atoms with Crippen LogP contribution >= 0.6 is 0 Å². The lowest BCUT2D eigenvalue weighted by molar-refractivity contribution is -0.137. The summed E-state index contributed by atoms with van der Waals surface area (Å²) in [6.07, 6.45) is -4.39. The lowest BCUT2D eigenvalue weighted by atomic mass is 10.0. The summed E-state index contributed by atoms with van der Waals surface area (Å²) in [5, 5.41) is 0. The third kappa shape index (κ3) is 2.64. The van der Waals surface area contributed by atoms with Gasteiger partial charge in [-0.2, -0.15) is 13.2 Å². The van der Waals surface area contributed by atoms with Crippen molar-refractivity contribution in [3.63, 3.8) is 0 Å². The van der Waals surface area contributed by atoms with Crippen LogP contribution in [0.15, 0.2) is 48.5 Å². The Morgan fingerprint density at radius 1 is 0.765 bits per heavy atom. The van der Waals surface area contributed by atoms with Gasteiger partial charge in [-0.1, -0.05) is 24.3 Å². The van der Waals surface area contributed by atoms with Crippen LogP contribution in [0, 0.1) is 5.82 Å². The topological polar surface area (TPSA) is 0 Å². The quantitative estimate of drug-likeness (QED) is 0.643. The third-order valence-electron chi connectivity index (χ3n) is 2.35. The molecular weight excluding hydrogens is 232 g/mol. The molecule has 88 valence electrons. The van der Waals surface area contributed by atoms with Gasteiger partial charge in [0, 0.05) is 0 Å². The molecule has 2 aromatic carbocycles. The van der Waals surface area contributed by atoms with E-state index >= 15 is 0 Å². The summed E-state index contributed by atoms with van der Waals surface area (Å²) in [5.41, 5.74) is 0.0367. The summed E-state index contributed by atoms with van der Waals surface area (Å²) in [6, 6.07) is 10.3. The lowest BCUT2D eigenvalue weighted by Crippen LogP contribution is -2.04. The Morgan fingerprint density at radius 2 is 1.35 bits per heavy atom. The fourth-order valence-corrected chi connectivity index (χ4v) is 1.54. The smallest absolute Gasteiger partial charge is 0.207 e. The minimum atomic E-state index is -4.39. The van der Waals surface area contributed by atoms with E-state index in [0.717, 1.165) is 12.1 Å². The molecule has 0 aliphatic rings. The van der Waals surface area contributed by atoms with E-state index in [4.69, 9.17) is 0 Å². The molecule has 0 saturated heterocycles. The molecule has 0 aromatic heterocycles. The molecule has 0 saturated carbocycles. The minimum Gasteiger partial charge on any atom is -0.207 e. The number of hydrogen-bond donors (Lipinski definition) is 0. The third-order valence-corrected chi connectivity index (χ3v) is 2.35. The molecule has 2 aromatic rings. The summed E-state index contributed by atoms with van der Waals surface area (Å²) in [7, 11) is 0. The van der Waals surface area contributed by atoms with Gasteiger partial charge in [0.2, 0.25) is 0 Å². The molecule has 0 amide bonds. The van der Waals surface area contributed by atoms with Crippen LogP contribution in [0.4, 0.5) is 17.6 Å². The average molecular weight is 240 g/mol. The van der Waals surface area contributed by atoms with E-state index < -0.39 is 17.6 Å². The van der Waals surface area contributed by atoms with Crippen molar-refractivity contribution in [3.8, 4) is 11.1 Å². The zero-order valence-corrected chi connectivity index (χ0v) is 8.63. The molecule has 2 rings (SSSR count). The molecule has 0 radical (unpaired) electrons. The van der Waals surface area contributed by atoms with Gasteiger partial charge in [-0.3, -0.25) is 0 Å². The van der Waals surface area contributed by atoms with Crippen LogP contribution in [0.3, 0.4) is 0 Å². The van der Waals surface area contributed by atoms with Gasteiger partial charge in [0.1, 0.15) is 5.82 Å². The summed E-state index contributed by atoms with van der Waals surface area (Å²) >= 11 is 0. The highest BCUT2D eigenvalue weighted by atomic mass is 19.4. The first-order chi connectivity index (χ1) is 7.97. The van der Waals surface area contributed by atoms with E-state index in [1.54, 1.807) is 6.07 Å². The van der Waals surface area contributed by atoms with Crippen LogP contribution in [0.1, 0.15) is 5.56 Å². The largest absolute Gasteiger partial charge is 0.416 e. The van der Waals surface area contributed by atoms with E-state index in [-0.39, 0.29) is 0 Å². The van der Waals surface area contributed by atoms with Crippen molar-refractivity contribution < 1.29 is 17.6 Å². The SMILES string of the molecule is Fc1cccc(-c2cccc(C(F)(F)F)c2)c1. The van der Waals surface area contributed by atoms with Gasteiger partial charge in [-0.15, -0.1) is 0 Å². The van der Waals surface area contributed by atoms with Gasteiger partial charge in [0.25, 0.3) is 0 Å². The molecule has 0 heterocycles. The Bertz CT molecular complexity index is 529. The molecule has 0 N–H and O–H groups in total. The number of benzene rings is 2. The zero-order valence-electron chi connectivity index (χ0n) is 8.63. The van der Waals surface area contributed by atoms with E-state index in [1.807, 2.05) is 0 Å². The van der Waals surface area contributed by atoms with Crippen LogP contribution in [0.2, 0.25) is 0 Å². The summed E-state index contributed by atoms with van der Waals surface area (Å²) in [6.45, 7) is 0. The zero-order chi connectivity index (χ0) is 12.5. The van der Waals surface area contributed by atoms with Crippen LogP contribution < -0.4 is 0 Å². The lowest BCUT2D eigenvalue weighted by Gasteiger charge is -2.08. The number of rotatable bonds is 1. The predicted octanol–water partition coefficient (Wildman–Crippen LogP) is 4.51.